The lowest BCUT2D eigenvalue weighted by molar-refractivity contribution is 0.0987. The first kappa shape index (κ1) is 26.4. The SMILES string of the molecule is CN(C)CCCN(Cc1ccc(C(=O)Nc2ccccc2N)nc1)C(=O)NCC(=O)c1ccccc1. The summed E-state index contributed by atoms with van der Waals surface area (Å²) in [6, 6.07) is 18.9. The first-order valence-electron chi connectivity index (χ1n) is 11.7. The molecule has 0 aliphatic carbocycles. The minimum Gasteiger partial charge on any atom is -0.397 e. The summed E-state index contributed by atoms with van der Waals surface area (Å²) in [5.41, 5.74) is 8.42. The highest BCUT2D eigenvalue weighted by molar-refractivity contribution is 6.04. The maximum atomic E-state index is 12.9. The molecule has 2 aromatic carbocycles. The standard InChI is InChI=1S/C27H32N6O3/c1-32(2)15-8-16-33(27(36)30-18-25(34)21-9-4-3-5-10-21)19-20-13-14-24(29-17-20)26(35)31-23-12-7-6-11-22(23)28/h3-7,9-14,17H,8,15-16,18-19,28H2,1-2H3,(H,30,36)(H,31,35). The van der Waals surface area contributed by atoms with Gasteiger partial charge in [0.25, 0.3) is 5.91 Å². The number of hydrogen-bond acceptors (Lipinski definition) is 6. The molecule has 3 amide bonds. The smallest absolute Gasteiger partial charge is 0.318 e. The van der Waals surface area contributed by atoms with Gasteiger partial charge >= 0.3 is 6.03 Å². The summed E-state index contributed by atoms with van der Waals surface area (Å²) in [6.45, 7) is 1.51. The van der Waals surface area contributed by atoms with Crippen molar-refractivity contribution >= 4 is 29.1 Å². The van der Waals surface area contributed by atoms with Gasteiger partial charge in [-0.3, -0.25) is 14.6 Å². The highest BCUT2D eigenvalue weighted by atomic mass is 16.2. The van der Waals surface area contributed by atoms with Gasteiger partial charge in [-0.05, 0) is 50.8 Å². The highest BCUT2D eigenvalue weighted by Crippen LogP contribution is 2.17. The van der Waals surface area contributed by atoms with Gasteiger partial charge in [0.1, 0.15) is 5.69 Å². The number of nitrogens with two attached hydrogens (primary N) is 1. The number of ketones is 1. The Labute approximate surface area is 211 Å². The number of hydrogen-bond donors (Lipinski definition) is 3. The molecule has 9 nitrogen and oxygen atoms in total. The molecular formula is C27H32N6O3. The lowest BCUT2D eigenvalue weighted by Gasteiger charge is -2.24. The molecule has 0 bridgehead atoms. The summed E-state index contributed by atoms with van der Waals surface area (Å²) < 4.78 is 0. The number of nitrogens with one attached hydrogen (secondary N) is 2. The molecule has 0 fully saturated rings. The molecule has 0 aliphatic heterocycles. The third-order valence-electron chi connectivity index (χ3n) is 5.46. The zero-order valence-corrected chi connectivity index (χ0v) is 20.6. The van der Waals surface area contributed by atoms with Gasteiger partial charge in [-0.2, -0.15) is 0 Å². The quantitative estimate of drug-likeness (QED) is 0.281. The molecule has 0 saturated carbocycles. The molecule has 3 aromatic rings. The first-order chi connectivity index (χ1) is 17.3. The van der Waals surface area contributed by atoms with Gasteiger partial charge in [-0.1, -0.05) is 48.5 Å². The number of nitrogen functional groups attached to an aromatic ring is 1. The van der Waals surface area contributed by atoms with E-state index in [9.17, 15) is 14.4 Å². The van der Waals surface area contributed by atoms with E-state index in [4.69, 9.17) is 5.73 Å². The Hall–Kier alpha value is -4.24. The van der Waals surface area contributed by atoms with Crippen molar-refractivity contribution in [1.82, 2.24) is 20.1 Å². The van der Waals surface area contributed by atoms with Crippen molar-refractivity contribution in [2.75, 3.05) is 44.8 Å². The fourth-order valence-corrected chi connectivity index (χ4v) is 3.49. The van der Waals surface area contributed by atoms with Crippen molar-refractivity contribution in [3.63, 3.8) is 0 Å². The Morgan fingerprint density at radius 2 is 1.64 bits per heavy atom. The summed E-state index contributed by atoms with van der Waals surface area (Å²) in [6.07, 6.45) is 2.34. The third kappa shape index (κ3) is 7.92. The van der Waals surface area contributed by atoms with Gasteiger partial charge in [0.15, 0.2) is 5.78 Å². The maximum Gasteiger partial charge on any atom is 0.318 e. The number of carbonyl (C=O) groups excluding carboxylic acids is 3. The Morgan fingerprint density at radius 1 is 0.917 bits per heavy atom. The van der Waals surface area contributed by atoms with E-state index in [0.717, 1.165) is 18.5 Å². The number of carbonyl (C=O) groups is 3. The molecule has 4 N–H and O–H groups in total. The van der Waals surface area contributed by atoms with Crippen LogP contribution in [0.1, 0.15) is 32.8 Å². The second-order valence-electron chi connectivity index (χ2n) is 8.62. The predicted octanol–water partition coefficient (Wildman–Crippen LogP) is 3.26. The molecule has 0 saturated heterocycles. The molecule has 36 heavy (non-hydrogen) atoms. The van der Waals surface area contributed by atoms with E-state index in [1.54, 1.807) is 71.8 Å². The van der Waals surface area contributed by atoms with Gasteiger partial charge in [0, 0.05) is 24.8 Å². The summed E-state index contributed by atoms with van der Waals surface area (Å²) in [5.74, 6) is -0.535. The molecule has 1 heterocycles. The predicted molar refractivity (Wildman–Crippen MR) is 141 cm³/mol. The van der Waals surface area contributed by atoms with Crippen LogP contribution in [-0.2, 0) is 6.54 Å². The number of amides is 3. The van der Waals surface area contributed by atoms with E-state index in [-0.39, 0.29) is 30.0 Å². The topological polar surface area (TPSA) is 121 Å². The van der Waals surface area contributed by atoms with E-state index in [2.05, 4.69) is 15.6 Å². The third-order valence-corrected chi connectivity index (χ3v) is 5.46. The van der Waals surface area contributed by atoms with Crippen LogP contribution in [-0.4, -0.2) is 66.2 Å². The molecule has 1 aromatic heterocycles. The van der Waals surface area contributed by atoms with E-state index in [1.807, 2.05) is 25.1 Å². The van der Waals surface area contributed by atoms with Crippen LogP contribution in [0.15, 0.2) is 72.9 Å². The van der Waals surface area contributed by atoms with Crippen LogP contribution in [0.5, 0.6) is 0 Å². The summed E-state index contributed by atoms with van der Waals surface area (Å²) in [7, 11) is 3.94. The highest BCUT2D eigenvalue weighted by Gasteiger charge is 2.17. The number of rotatable bonds is 11. The largest absolute Gasteiger partial charge is 0.397 e. The van der Waals surface area contributed by atoms with Crippen LogP contribution >= 0.6 is 0 Å². The number of anilines is 2. The Balaban J connectivity index is 1.62. The molecule has 0 atom stereocenters. The number of nitrogens with zero attached hydrogens (tertiary/aromatic N) is 3. The van der Waals surface area contributed by atoms with Gasteiger partial charge in [-0.15, -0.1) is 0 Å². The minimum absolute atomic E-state index is 0.0903. The lowest BCUT2D eigenvalue weighted by Crippen LogP contribution is -2.42. The molecule has 9 heteroatoms. The fourth-order valence-electron chi connectivity index (χ4n) is 3.49. The summed E-state index contributed by atoms with van der Waals surface area (Å²) in [5, 5.41) is 5.48. The average Bonchev–Trinajstić information content (AvgIpc) is 2.88. The number of urea groups is 1. The van der Waals surface area contributed by atoms with Crippen molar-refractivity contribution in [3.8, 4) is 0 Å². The van der Waals surface area contributed by atoms with Crippen LogP contribution in [0.2, 0.25) is 0 Å². The van der Waals surface area contributed by atoms with Crippen LogP contribution in [0.25, 0.3) is 0 Å². The molecule has 0 spiro atoms. The zero-order valence-electron chi connectivity index (χ0n) is 20.6. The number of pyridine rings is 1. The van der Waals surface area contributed by atoms with Crippen molar-refractivity contribution in [3.05, 3.63) is 89.7 Å². The first-order valence-corrected chi connectivity index (χ1v) is 11.7. The number of aromatic nitrogens is 1. The lowest BCUT2D eigenvalue weighted by atomic mass is 10.1. The number of Topliss-reactive ketones (excluding diaryl/α,β-unsaturated/α-hetero) is 1. The van der Waals surface area contributed by atoms with Gasteiger partial charge in [0.2, 0.25) is 0 Å². The Morgan fingerprint density at radius 3 is 2.31 bits per heavy atom. The van der Waals surface area contributed by atoms with E-state index in [1.165, 1.54) is 0 Å². The van der Waals surface area contributed by atoms with Gasteiger partial charge in [-0.25, -0.2) is 4.79 Å². The molecule has 3 rings (SSSR count). The molecule has 188 valence electrons. The fraction of sp³-hybridized carbons (Fsp3) is 0.259. The Bertz CT molecular complexity index is 1170. The minimum atomic E-state index is -0.376. The van der Waals surface area contributed by atoms with Gasteiger partial charge < -0.3 is 26.2 Å². The summed E-state index contributed by atoms with van der Waals surface area (Å²) in [4.78, 5) is 45.8. The monoisotopic (exact) mass is 488 g/mol. The zero-order chi connectivity index (χ0) is 25.9. The van der Waals surface area contributed by atoms with E-state index in [0.29, 0.717) is 30.0 Å². The molecular weight excluding hydrogens is 456 g/mol. The molecule has 0 radical (unpaired) electrons. The van der Waals surface area contributed by atoms with Crippen LogP contribution in [0.4, 0.5) is 16.2 Å². The Kier molecular flexibility index (Phi) is 9.53. The maximum absolute atomic E-state index is 12.9. The van der Waals surface area contributed by atoms with Crippen molar-refractivity contribution < 1.29 is 14.4 Å². The van der Waals surface area contributed by atoms with Crippen molar-refractivity contribution in [2.24, 2.45) is 0 Å². The van der Waals surface area contributed by atoms with E-state index < -0.39 is 0 Å². The van der Waals surface area contributed by atoms with Gasteiger partial charge in [0.05, 0.1) is 17.9 Å². The second kappa shape index (κ2) is 13.0. The van der Waals surface area contributed by atoms with Crippen LogP contribution in [0, 0.1) is 0 Å². The van der Waals surface area contributed by atoms with Crippen molar-refractivity contribution in [1.29, 1.82) is 0 Å². The molecule has 0 unspecified atom stereocenters. The normalized spacial score (nSPS) is 10.6. The van der Waals surface area contributed by atoms with E-state index >= 15 is 0 Å². The van der Waals surface area contributed by atoms with Crippen LogP contribution in [0.3, 0.4) is 0 Å². The molecule has 0 aliphatic rings. The number of benzene rings is 2. The number of para-hydroxylation sites is 2. The summed E-state index contributed by atoms with van der Waals surface area (Å²) >= 11 is 0. The second-order valence-corrected chi connectivity index (χ2v) is 8.62. The van der Waals surface area contributed by atoms with Crippen LogP contribution < -0.4 is 16.4 Å². The average molecular weight is 489 g/mol. The van der Waals surface area contributed by atoms with Crippen molar-refractivity contribution in [2.45, 2.75) is 13.0 Å².